The Hall–Kier alpha value is -0.860. The fourth-order valence-electron chi connectivity index (χ4n) is 0.249. The largest absolute Gasteiger partial charge is 0.345 e. The lowest BCUT2D eigenvalue weighted by Crippen LogP contribution is -2.48. The minimum atomic E-state index is -0.227. The van der Waals surface area contributed by atoms with Gasteiger partial charge in [-0.3, -0.25) is 10.2 Å². The summed E-state index contributed by atoms with van der Waals surface area (Å²) in [7, 11) is 0. The average molecular weight is 84.1 g/mol. The smallest absolute Gasteiger partial charge is 0.267 e. The van der Waals surface area contributed by atoms with Crippen molar-refractivity contribution in [1.29, 1.82) is 5.41 Å². The number of hydrogen-bond acceptors (Lipinski definition) is 2. The number of hydrogen-bond donors (Lipinski definition) is 2. The lowest BCUT2D eigenvalue weighted by atomic mass is 10.2. The maximum atomic E-state index is 9.89. The molecule has 0 aromatic heterocycles. The van der Waals surface area contributed by atoms with Gasteiger partial charge in [0.2, 0.25) is 0 Å². The molecule has 1 aliphatic rings. The molecule has 0 aliphatic carbocycles. The van der Waals surface area contributed by atoms with E-state index in [1.165, 1.54) is 0 Å². The van der Waals surface area contributed by atoms with Crippen LogP contribution in [0.1, 0.15) is 0 Å². The van der Waals surface area contributed by atoms with Crippen molar-refractivity contribution in [1.82, 2.24) is 5.32 Å². The minimum absolute atomic E-state index is 0.190. The summed E-state index contributed by atoms with van der Waals surface area (Å²) in [6.45, 7) is 0.457. The maximum Gasteiger partial charge on any atom is 0.267 e. The number of nitrogens with one attached hydrogen (secondary N) is 2. The molecule has 0 aromatic carbocycles. The Morgan fingerprint density at radius 2 is 2.33 bits per heavy atom. The van der Waals surface area contributed by atoms with Gasteiger partial charge in [0.15, 0.2) is 0 Å². The van der Waals surface area contributed by atoms with Crippen LogP contribution in [-0.4, -0.2) is 18.2 Å². The zero-order chi connectivity index (χ0) is 4.57. The first kappa shape index (κ1) is 3.33. The molecule has 0 unspecified atom stereocenters. The molecule has 1 amide bonds. The van der Waals surface area contributed by atoms with Gasteiger partial charge in [0.1, 0.15) is 5.71 Å². The average Bonchev–Trinajstić information content (AvgIpc) is 1.61. The van der Waals surface area contributed by atoms with Gasteiger partial charge in [-0.1, -0.05) is 0 Å². The first-order valence-corrected chi connectivity index (χ1v) is 1.66. The first-order chi connectivity index (χ1) is 2.80. The highest BCUT2D eigenvalue weighted by Crippen LogP contribution is 1.81. The molecule has 1 heterocycles. The molecule has 1 aliphatic heterocycles. The van der Waals surface area contributed by atoms with Gasteiger partial charge in [-0.15, -0.1) is 0 Å². The predicted molar refractivity (Wildman–Crippen MR) is 20.7 cm³/mol. The van der Waals surface area contributed by atoms with Crippen LogP contribution in [0.4, 0.5) is 0 Å². The van der Waals surface area contributed by atoms with Gasteiger partial charge in [-0.25, -0.2) is 0 Å². The van der Waals surface area contributed by atoms with E-state index < -0.39 is 0 Å². The third kappa shape index (κ3) is 0.217. The molecule has 32 valence electrons. The lowest BCUT2D eigenvalue weighted by Gasteiger charge is -2.12. The van der Waals surface area contributed by atoms with Crippen LogP contribution in [0.25, 0.3) is 0 Å². The van der Waals surface area contributed by atoms with E-state index in [1.807, 2.05) is 0 Å². The summed E-state index contributed by atoms with van der Waals surface area (Å²) in [5, 5.41) is 9.02. The predicted octanol–water partition coefficient (Wildman–Crippen LogP) is -0.864. The molecule has 3 nitrogen and oxygen atoms in total. The Morgan fingerprint density at radius 3 is 2.33 bits per heavy atom. The van der Waals surface area contributed by atoms with Crippen molar-refractivity contribution in [2.45, 2.75) is 0 Å². The van der Waals surface area contributed by atoms with E-state index in [4.69, 9.17) is 5.41 Å². The van der Waals surface area contributed by atoms with Crippen molar-refractivity contribution in [3.8, 4) is 0 Å². The van der Waals surface area contributed by atoms with Gasteiger partial charge in [0.05, 0.1) is 6.54 Å². The third-order valence-corrected chi connectivity index (χ3v) is 0.700. The molecule has 0 radical (unpaired) electrons. The van der Waals surface area contributed by atoms with Gasteiger partial charge >= 0.3 is 0 Å². The standard InChI is InChI=1S/C3H4N2O/c4-2-1-5-3(2)6/h4H,1H2,(H,5,6). The molecule has 1 saturated heterocycles. The monoisotopic (exact) mass is 84.0 g/mol. The molecule has 6 heavy (non-hydrogen) atoms. The van der Waals surface area contributed by atoms with Crippen LogP contribution in [0.2, 0.25) is 0 Å². The molecule has 2 N–H and O–H groups in total. The number of carbonyl (C=O) groups is 1. The summed E-state index contributed by atoms with van der Waals surface area (Å²) in [4.78, 5) is 9.89. The number of rotatable bonds is 0. The number of β-lactam (4-membered cyclic amide) rings is 1. The van der Waals surface area contributed by atoms with Crippen LogP contribution in [0.3, 0.4) is 0 Å². The van der Waals surface area contributed by atoms with Crippen molar-refractivity contribution in [2.24, 2.45) is 0 Å². The Morgan fingerprint density at radius 1 is 1.83 bits per heavy atom. The van der Waals surface area contributed by atoms with Crippen LogP contribution in [0, 0.1) is 5.41 Å². The first-order valence-electron chi connectivity index (χ1n) is 1.66. The number of amides is 1. The molecule has 0 atom stereocenters. The molecule has 0 spiro atoms. The topological polar surface area (TPSA) is 53.0 Å². The van der Waals surface area contributed by atoms with Gasteiger partial charge in [0, 0.05) is 0 Å². The van der Waals surface area contributed by atoms with Crippen molar-refractivity contribution in [2.75, 3.05) is 6.54 Å². The molecule has 0 saturated carbocycles. The van der Waals surface area contributed by atoms with Crippen LogP contribution in [-0.2, 0) is 4.79 Å². The van der Waals surface area contributed by atoms with E-state index >= 15 is 0 Å². The Balaban J connectivity index is 2.61. The summed E-state index contributed by atoms with van der Waals surface area (Å²) >= 11 is 0. The van der Waals surface area contributed by atoms with E-state index in [9.17, 15) is 4.79 Å². The quantitative estimate of drug-likeness (QED) is 0.368. The Kier molecular flexibility index (Phi) is 0.445. The van der Waals surface area contributed by atoms with E-state index in [-0.39, 0.29) is 11.6 Å². The summed E-state index contributed by atoms with van der Waals surface area (Å²) in [5.74, 6) is -0.227. The Bertz CT molecular complexity index is 93.4. The highest BCUT2D eigenvalue weighted by molar-refractivity contribution is 6.44. The number of carbonyl (C=O) groups excluding carboxylic acids is 1. The zero-order valence-corrected chi connectivity index (χ0v) is 3.12. The second kappa shape index (κ2) is 0.801. The third-order valence-electron chi connectivity index (χ3n) is 0.700. The van der Waals surface area contributed by atoms with E-state index in [0.717, 1.165) is 0 Å². The second-order valence-electron chi connectivity index (χ2n) is 1.16. The highest BCUT2D eigenvalue weighted by Gasteiger charge is 2.17. The molecule has 3 heteroatoms. The Labute approximate surface area is 34.9 Å². The van der Waals surface area contributed by atoms with Gasteiger partial charge in [-0.2, -0.15) is 0 Å². The van der Waals surface area contributed by atoms with Gasteiger partial charge in [0.25, 0.3) is 5.91 Å². The van der Waals surface area contributed by atoms with Crippen LogP contribution in [0.5, 0.6) is 0 Å². The molecule has 0 aromatic rings. The molecular weight excluding hydrogens is 80.0 g/mol. The SMILES string of the molecule is N=C1CNC1=O. The van der Waals surface area contributed by atoms with Gasteiger partial charge < -0.3 is 5.32 Å². The van der Waals surface area contributed by atoms with Crippen molar-refractivity contribution in [3.63, 3.8) is 0 Å². The summed E-state index contributed by atoms with van der Waals surface area (Å²) in [6.07, 6.45) is 0. The van der Waals surface area contributed by atoms with Crippen molar-refractivity contribution >= 4 is 11.6 Å². The maximum absolute atomic E-state index is 9.89. The fraction of sp³-hybridized carbons (Fsp3) is 0.333. The summed E-state index contributed by atoms with van der Waals surface area (Å²) in [5.41, 5.74) is 0.190. The highest BCUT2D eigenvalue weighted by atomic mass is 16.2. The van der Waals surface area contributed by atoms with Crippen LogP contribution < -0.4 is 5.32 Å². The zero-order valence-electron chi connectivity index (χ0n) is 3.12. The second-order valence-corrected chi connectivity index (χ2v) is 1.16. The van der Waals surface area contributed by atoms with Gasteiger partial charge in [-0.05, 0) is 0 Å². The fourth-order valence-corrected chi connectivity index (χ4v) is 0.249. The molecule has 0 bridgehead atoms. The molecule has 1 rings (SSSR count). The normalized spacial score (nSPS) is 19.3. The van der Waals surface area contributed by atoms with Crippen molar-refractivity contribution in [3.05, 3.63) is 0 Å². The summed E-state index contributed by atoms with van der Waals surface area (Å²) in [6, 6.07) is 0. The van der Waals surface area contributed by atoms with Crippen molar-refractivity contribution < 1.29 is 4.79 Å². The molecular formula is C3H4N2O. The molecule has 1 fully saturated rings. The van der Waals surface area contributed by atoms with Crippen LogP contribution in [0.15, 0.2) is 0 Å². The van der Waals surface area contributed by atoms with E-state index in [0.29, 0.717) is 6.54 Å². The minimum Gasteiger partial charge on any atom is -0.345 e. The summed E-state index contributed by atoms with van der Waals surface area (Å²) < 4.78 is 0. The van der Waals surface area contributed by atoms with Crippen LogP contribution >= 0.6 is 0 Å². The lowest BCUT2D eigenvalue weighted by molar-refractivity contribution is -0.116. The van der Waals surface area contributed by atoms with E-state index in [2.05, 4.69) is 5.32 Å². The van der Waals surface area contributed by atoms with E-state index in [1.54, 1.807) is 0 Å².